The fraction of sp³-hybridized carbons (Fsp3) is 0.700. The molecule has 1 N–H and O–H groups in total. The normalized spacial score (nSPS) is 22.9. The van der Waals surface area contributed by atoms with E-state index in [4.69, 9.17) is 9.84 Å². The van der Waals surface area contributed by atoms with E-state index in [1.54, 1.807) is 6.92 Å². The minimum Gasteiger partial charge on any atom is -0.478 e. The van der Waals surface area contributed by atoms with E-state index in [9.17, 15) is 4.79 Å². The molecule has 3 nitrogen and oxygen atoms in total. The quantitative estimate of drug-likeness (QED) is 0.535. The van der Waals surface area contributed by atoms with Crippen LogP contribution in [0, 0.1) is 5.92 Å². The number of hydrogen-bond acceptors (Lipinski definition) is 2. The Morgan fingerprint density at radius 3 is 2.46 bits per heavy atom. The number of ether oxygens (including phenoxy) is 1. The number of carbonyl (C=O) groups is 1. The number of epoxide rings is 1. The van der Waals surface area contributed by atoms with Gasteiger partial charge in [-0.25, -0.2) is 4.79 Å². The van der Waals surface area contributed by atoms with Gasteiger partial charge in [0, 0.05) is 5.57 Å². The van der Waals surface area contributed by atoms with Crippen LogP contribution in [0.3, 0.4) is 0 Å². The second-order valence-corrected chi connectivity index (χ2v) is 3.77. The fourth-order valence-corrected chi connectivity index (χ4v) is 1.39. The molecule has 1 unspecified atom stereocenters. The Morgan fingerprint density at radius 1 is 1.62 bits per heavy atom. The summed E-state index contributed by atoms with van der Waals surface area (Å²) in [6.45, 7) is 6.48. The summed E-state index contributed by atoms with van der Waals surface area (Å²) in [4.78, 5) is 10.7. The molecule has 0 radical (unpaired) electrons. The van der Waals surface area contributed by atoms with Crippen molar-refractivity contribution in [3.63, 3.8) is 0 Å². The number of aliphatic carboxylic acids is 1. The van der Waals surface area contributed by atoms with Crippen molar-refractivity contribution in [2.45, 2.75) is 33.3 Å². The zero-order valence-electron chi connectivity index (χ0n) is 8.33. The van der Waals surface area contributed by atoms with Crippen molar-refractivity contribution in [3.8, 4) is 0 Å². The van der Waals surface area contributed by atoms with Crippen LogP contribution >= 0.6 is 0 Å². The molecule has 0 aromatic heterocycles. The van der Waals surface area contributed by atoms with Crippen molar-refractivity contribution < 1.29 is 14.6 Å². The number of hydrogen-bond donors (Lipinski definition) is 1. The van der Waals surface area contributed by atoms with E-state index in [0.717, 1.165) is 18.6 Å². The van der Waals surface area contributed by atoms with Crippen LogP contribution in [0.2, 0.25) is 0 Å². The van der Waals surface area contributed by atoms with Crippen LogP contribution in [0.4, 0.5) is 0 Å². The largest absolute Gasteiger partial charge is 0.478 e. The summed E-state index contributed by atoms with van der Waals surface area (Å²) in [6.07, 6.45) is 1.04. The molecular formula is C10H16O3. The molecule has 0 bridgehead atoms. The fourth-order valence-electron chi connectivity index (χ4n) is 1.39. The van der Waals surface area contributed by atoms with Crippen molar-refractivity contribution in [3.05, 3.63) is 11.1 Å². The SMILES string of the molecule is CC(C(=O)O)=C(CC1CO1)C(C)C. The predicted molar refractivity (Wildman–Crippen MR) is 49.5 cm³/mol. The van der Waals surface area contributed by atoms with Crippen LogP contribution in [0.15, 0.2) is 11.1 Å². The summed E-state index contributed by atoms with van der Waals surface area (Å²) in [7, 11) is 0. The summed E-state index contributed by atoms with van der Waals surface area (Å²) in [6, 6.07) is 0. The van der Waals surface area contributed by atoms with Gasteiger partial charge in [-0.05, 0) is 19.3 Å². The van der Waals surface area contributed by atoms with Crippen LogP contribution < -0.4 is 0 Å². The minimum absolute atomic E-state index is 0.270. The highest BCUT2D eigenvalue weighted by Gasteiger charge is 2.26. The number of rotatable bonds is 4. The first kappa shape index (κ1) is 10.3. The molecular weight excluding hydrogens is 168 g/mol. The third kappa shape index (κ3) is 2.84. The summed E-state index contributed by atoms with van der Waals surface area (Å²) >= 11 is 0. The molecule has 1 atom stereocenters. The van der Waals surface area contributed by atoms with Gasteiger partial charge in [0.25, 0.3) is 0 Å². The number of carboxylic acid groups (broad SMARTS) is 1. The standard InChI is InChI=1S/C10H16O3/c1-6(2)9(4-8-5-13-8)7(3)10(11)12/h6,8H,4-5H2,1-3H3,(H,11,12). The van der Waals surface area contributed by atoms with E-state index >= 15 is 0 Å². The first-order valence-corrected chi connectivity index (χ1v) is 4.57. The molecule has 1 rings (SSSR count). The Labute approximate surface area is 78.4 Å². The van der Waals surface area contributed by atoms with E-state index in [1.165, 1.54) is 0 Å². The second-order valence-electron chi connectivity index (χ2n) is 3.77. The maximum absolute atomic E-state index is 10.7. The molecule has 13 heavy (non-hydrogen) atoms. The molecule has 74 valence electrons. The molecule has 0 aromatic carbocycles. The molecule has 1 heterocycles. The van der Waals surface area contributed by atoms with Gasteiger partial charge in [-0.3, -0.25) is 0 Å². The average Bonchev–Trinajstić information content (AvgIpc) is 2.81. The average molecular weight is 184 g/mol. The van der Waals surface area contributed by atoms with Crippen molar-refractivity contribution in [1.82, 2.24) is 0 Å². The van der Waals surface area contributed by atoms with Crippen LogP contribution in [-0.2, 0) is 9.53 Å². The summed E-state index contributed by atoms with van der Waals surface area (Å²) in [5, 5.41) is 8.84. The van der Waals surface area contributed by atoms with E-state index in [-0.39, 0.29) is 6.10 Å². The lowest BCUT2D eigenvalue weighted by atomic mass is 9.94. The van der Waals surface area contributed by atoms with Crippen LogP contribution in [0.1, 0.15) is 27.2 Å². The zero-order chi connectivity index (χ0) is 10.0. The topological polar surface area (TPSA) is 49.8 Å². The second kappa shape index (κ2) is 3.92. The lowest BCUT2D eigenvalue weighted by Gasteiger charge is -2.12. The van der Waals surface area contributed by atoms with Crippen molar-refractivity contribution in [2.75, 3.05) is 6.61 Å². The third-order valence-corrected chi connectivity index (χ3v) is 2.35. The van der Waals surface area contributed by atoms with Gasteiger partial charge >= 0.3 is 5.97 Å². The summed E-state index contributed by atoms with van der Waals surface area (Å²) < 4.78 is 5.09. The monoisotopic (exact) mass is 184 g/mol. The van der Waals surface area contributed by atoms with Gasteiger partial charge in [0.15, 0.2) is 0 Å². The first-order valence-electron chi connectivity index (χ1n) is 4.57. The molecule has 1 aliphatic heterocycles. The van der Waals surface area contributed by atoms with Crippen LogP contribution in [0.5, 0.6) is 0 Å². The van der Waals surface area contributed by atoms with Crippen molar-refractivity contribution in [2.24, 2.45) is 5.92 Å². The maximum Gasteiger partial charge on any atom is 0.331 e. The summed E-state index contributed by atoms with van der Waals surface area (Å²) in [5.74, 6) is -0.523. The van der Waals surface area contributed by atoms with Gasteiger partial charge in [0.05, 0.1) is 12.7 Å². The molecule has 3 heteroatoms. The zero-order valence-corrected chi connectivity index (χ0v) is 8.33. The number of carboxylic acids is 1. The minimum atomic E-state index is -0.815. The van der Waals surface area contributed by atoms with E-state index in [0.29, 0.717) is 11.5 Å². The Balaban J connectivity index is 2.74. The van der Waals surface area contributed by atoms with Crippen LogP contribution in [0.25, 0.3) is 0 Å². The smallest absolute Gasteiger partial charge is 0.331 e. The molecule has 0 amide bonds. The maximum atomic E-state index is 10.7. The molecule has 0 aromatic rings. The highest BCUT2D eigenvalue weighted by Crippen LogP contribution is 2.26. The molecule has 1 saturated heterocycles. The van der Waals surface area contributed by atoms with Gasteiger partial charge in [-0.15, -0.1) is 0 Å². The Hall–Kier alpha value is -0.830. The molecule has 0 spiro atoms. The summed E-state index contributed by atoms with van der Waals surface area (Å²) in [5.41, 5.74) is 1.49. The first-order chi connectivity index (χ1) is 6.02. The Morgan fingerprint density at radius 2 is 2.15 bits per heavy atom. The highest BCUT2D eigenvalue weighted by molar-refractivity contribution is 5.86. The van der Waals surface area contributed by atoms with Gasteiger partial charge in [-0.2, -0.15) is 0 Å². The molecule has 0 aliphatic carbocycles. The highest BCUT2D eigenvalue weighted by atomic mass is 16.6. The predicted octanol–water partition coefficient (Wildman–Crippen LogP) is 1.83. The van der Waals surface area contributed by atoms with Crippen LogP contribution in [-0.4, -0.2) is 23.8 Å². The van der Waals surface area contributed by atoms with Gasteiger partial charge in [-0.1, -0.05) is 19.4 Å². The molecule has 1 aliphatic rings. The lowest BCUT2D eigenvalue weighted by molar-refractivity contribution is -0.132. The third-order valence-electron chi connectivity index (χ3n) is 2.35. The molecule has 1 fully saturated rings. The molecule has 0 saturated carbocycles. The lowest BCUT2D eigenvalue weighted by Crippen LogP contribution is -2.08. The van der Waals surface area contributed by atoms with Crippen molar-refractivity contribution in [1.29, 1.82) is 0 Å². The van der Waals surface area contributed by atoms with E-state index in [1.807, 2.05) is 13.8 Å². The van der Waals surface area contributed by atoms with E-state index < -0.39 is 5.97 Å². The van der Waals surface area contributed by atoms with Crippen molar-refractivity contribution >= 4 is 5.97 Å². The Kier molecular flexibility index (Phi) is 3.09. The van der Waals surface area contributed by atoms with Gasteiger partial charge in [0.2, 0.25) is 0 Å². The van der Waals surface area contributed by atoms with E-state index in [2.05, 4.69) is 0 Å². The van der Waals surface area contributed by atoms with Gasteiger partial charge < -0.3 is 9.84 Å². The van der Waals surface area contributed by atoms with Gasteiger partial charge in [0.1, 0.15) is 0 Å². The Bertz CT molecular complexity index is 237.